The van der Waals surface area contributed by atoms with Crippen molar-refractivity contribution in [3.63, 3.8) is 0 Å². The molecule has 0 radical (unpaired) electrons. The molecule has 0 saturated heterocycles. The van der Waals surface area contributed by atoms with E-state index in [0.717, 1.165) is 0 Å². The first-order valence-corrected chi connectivity index (χ1v) is 21.7. The van der Waals surface area contributed by atoms with Crippen LogP contribution in [0.15, 0.2) is 0 Å². The normalized spacial score (nSPS) is 15.9. The van der Waals surface area contributed by atoms with Crippen molar-refractivity contribution in [3.8, 4) is 0 Å². The third-order valence-corrected chi connectivity index (χ3v) is 10.5. The molecule has 0 aromatic heterocycles. The topological polar surface area (TPSA) is 0 Å². The number of halogens is 52. The Bertz CT molecular complexity index is 1890. The van der Waals surface area contributed by atoms with Crippen LogP contribution >= 0.6 is 0 Å². The van der Waals surface area contributed by atoms with Crippen LogP contribution in [0.5, 0.6) is 0 Å². The van der Waals surface area contributed by atoms with Crippen LogP contribution in [0, 0.1) is 0 Å². The minimum Gasteiger partial charge on any atom is -0.792 e. The van der Waals surface area contributed by atoms with Gasteiger partial charge in [-0.05, 0) is 25.7 Å². The van der Waals surface area contributed by atoms with E-state index < -0.39 is 192 Å². The first-order chi connectivity index (χ1) is 37.2. The molecule has 0 nitrogen and oxygen atoms in total. The average Bonchev–Trinajstić information content (AvgIpc) is 3.27. The molecule has 0 rings (SSSR count). The van der Waals surface area contributed by atoms with E-state index in [-0.39, 0.29) is 23.9 Å². The van der Waals surface area contributed by atoms with Gasteiger partial charge in [-0.1, -0.05) is 0 Å². The average molecular weight is 1640 g/mol. The molecule has 0 amide bonds. The number of alkyl halides is 52. The summed E-state index contributed by atoms with van der Waals surface area (Å²) in [5.74, 6) is -151. The summed E-state index contributed by atoms with van der Waals surface area (Å²) in [6, 6.07) is 0. The number of rotatable bonds is 24. The number of hydrogen-bond acceptors (Lipinski definition) is 4. The standard InChI is InChI=1S/4C8H5F13S.Sn/c4*9-3(10,1-2-22)4(11,12)5(13,14)6(15,16)7(17,18)8(19,20)21;/h4*22H,1-2H2;/q;;;;+4/p-4. The second kappa shape index (κ2) is 28.0. The predicted molar refractivity (Wildman–Crippen MR) is 196 cm³/mol. The van der Waals surface area contributed by atoms with Gasteiger partial charge in [0.15, 0.2) is 0 Å². The molecule has 0 aromatic carbocycles. The van der Waals surface area contributed by atoms with Crippen molar-refractivity contribution >= 4 is 74.4 Å². The Morgan fingerprint density at radius 1 is 0.135 bits per heavy atom. The fourth-order valence-electron chi connectivity index (χ4n) is 4.35. The van der Waals surface area contributed by atoms with Crippen LogP contribution in [-0.2, 0) is 50.5 Å². The summed E-state index contributed by atoms with van der Waals surface area (Å²) in [6.07, 6.45) is -38.8. The third kappa shape index (κ3) is 16.4. The van der Waals surface area contributed by atoms with Crippen molar-refractivity contribution in [1.82, 2.24) is 0 Å². The summed E-state index contributed by atoms with van der Waals surface area (Å²) in [4.78, 5) is 0. The van der Waals surface area contributed by atoms with Crippen LogP contribution in [0.25, 0.3) is 0 Å². The van der Waals surface area contributed by atoms with Gasteiger partial charge in [0.05, 0.1) is 0 Å². The molecular formula is C32H16F52S4Sn. The minimum absolute atomic E-state index is 0. The van der Waals surface area contributed by atoms with Gasteiger partial charge in [0.25, 0.3) is 0 Å². The van der Waals surface area contributed by atoms with E-state index in [0.29, 0.717) is 0 Å². The molecule has 0 aliphatic carbocycles. The fraction of sp³-hybridized carbons (Fsp3) is 1.00. The Kier molecular flexibility index (Phi) is 30.2. The molecule has 0 saturated carbocycles. The smallest absolute Gasteiger partial charge is 0.792 e. The van der Waals surface area contributed by atoms with E-state index in [1.165, 1.54) is 0 Å². The maximum Gasteiger partial charge on any atom is 4.00 e. The Labute approximate surface area is 493 Å². The largest absolute Gasteiger partial charge is 4.00 e. The SMILES string of the molecule is FC(F)(F)C(F)(F)C(F)(F)C(F)(F)C(F)(F)C(F)(F)CC[S-].FC(F)(F)C(F)(F)C(F)(F)C(F)(F)C(F)(F)C(F)(F)CC[S-].FC(F)(F)C(F)(F)C(F)(F)C(F)(F)C(F)(F)C(F)(F)CC[S-].FC(F)(F)C(F)(F)C(F)(F)C(F)(F)C(F)(F)C(F)(F)CC[S-].[Sn+4]. The molecule has 0 aromatic rings. The summed E-state index contributed by atoms with van der Waals surface area (Å²) in [7, 11) is 0. The second-order valence-corrected chi connectivity index (χ2v) is 17.4. The summed E-state index contributed by atoms with van der Waals surface area (Å²) < 4.78 is 648. The molecule has 0 unspecified atom stereocenters. The molecule has 0 spiro atoms. The Hall–Kier alpha value is -1.44. The van der Waals surface area contributed by atoms with E-state index >= 15 is 0 Å². The van der Waals surface area contributed by atoms with E-state index in [9.17, 15) is 228 Å². The Morgan fingerprint density at radius 3 is 0.281 bits per heavy atom. The van der Waals surface area contributed by atoms with Gasteiger partial charge in [-0.25, -0.2) is 0 Å². The minimum atomic E-state index is -7.84. The molecule has 57 heteroatoms. The van der Waals surface area contributed by atoms with Crippen molar-refractivity contribution in [2.75, 3.05) is 23.0 Å². The molecule has 0 aliphatic rings. The van der Waals surface area contributed by atoms with E-state index in [1.54, 1.807) is 0 Å². The molecule has 0 atom stereocenters. The van der Waals surface area contributed by atoms with Crippen LogP contribution in [0.4, 0.5) is 228 Å². The summed E-state index contributed by atoms with van der Waals surface area (Å²) in [5, 5.41) is 0. The monoisotopic (exact) mass is 1640 g/mol. The maximum atomic E-state index is 12.9. The van der Waals surface area contributed by atoms with E-state index in [4.69, 9.17) is 0 Å². The molecular weight excluding hydrogens is 1620 g/mol. The zero-order valence-electron chi connectivity index (χ0n) is 39.4. The van der Waals surface area contributed by atoms with Gasteiger partial charge in [-0.3, -0.25) is 0 Å². The van der Waals surface area contributed by atoms with E-state index in [2.05, 4.69) is 50.5 Å². The number of hydrogen-bond donors (Lipinski definition) is 0. The van der Waals surface area contributed by atoms with Crippen LogP contribution in [0.3, 0.4) is 0 Å². The van der Waals surface area contributed by atoms with Gasteiger partial charge < -0.3 is 50.5 Å². The fourth-order valence-corrected chi connectivity index (χ4v) is 5.37. The van der Waals surface area contributed by atoms with E-state index in [1.807, 2.05) is 0 Å². The molecule has 89 heavy (non-hydrogen) atoms. The molecule has 0 bridgehead atoms. The quantitative estimate of drug-likeness (QED) is 0.0536. The first kappa shape index (κ1) is 96.2. The maximum absolute atomic E-state index is 12.9. The van der Waals surface area contributed by atoms with Crippen molar-refractivity contribution in [2.45, 2.75) is 169 Å². The third-order valence-electron chi connectivity index (χ3n) is 9.66. The Morgan fingerprint density at radius 2 is 0.213 bits per heavy atom. The molecule has 0 aliphatic heterocycles. The summed E-state index contributed by atoms with van der Waals surface area (Å²) in [5.41, 5.74) is 0. The van der Waals surface area contributed by atoms with Crippen molar-refractivity contribution in [2.24, 2.45) is 0 Å². The summed E-state index contributed by atoms with van der Waals surface area (Å²) in [6.45, 7) is 0. The molecule has 0 N–H and O–H groups in total. The Balaban J connectivity index is -0.000000351. The second-order valence-electron chi connectivity index (χ2n) is 15.8. The van der Waals surface area contributed by atoms with Crippen LogP contribution < -0.4 is 0 Å². The van der Waals surface area contributed by atoms with Gasteiger partial charge in [0, 0.05) is 0 Å². The van der Waals surface area contributed by atoms with Crippen molar-refractivity contribution < 1.29 is 228 Å². The zero-order chi connectivity index (χ0) is 73.7. The van der Waals surface area contributed by atoms with Crippen molar-refractivity contribution in [3.05, 3.63) is 0 Å². The predicted octanol–water partition coefficient (Wildman–Crippen LogP) is 18.3. The van der Waals surface area contributed by atoms with Crippen LogP contribution in [0.1, 0.15) is 25.7 Å². The zero-order valence-corrected chi connectivity index (χ0v) is 45.6. The van der Waals surface area contributed by atoms with Crippen molar-refractivity contribution in [1.29, 1.82) is 0 Å². The van der Waals surface area contributed by atoms with Gasteiger partial charge in [-0.2, -0.15) is 251 Å². The summed E-state index contributed by atoms with van der Waals surface area (Å²) >= 11 is 15.0. The van der Waals surface area contributed by atoms with Gasteiger partial charge >= 0.3 is 167 Å². The van der Waals surface area contributed by atoms with Crippen LogP contribution in [0.2, 0.25) is 0 Å². The van der Waals surface area contributed by atoms with Gasteiger partial charge in [0.1, 0.15) is 0 Å². The molecule has 0 fully saturated rings. The van der Waals surface area contributed by atoms with Gasteiger partial charge in [0.2, 0.25) is 0 Å². The molecule has 536 valence electrons. The first-order valence-electron chi connectivity index (χ1n) is 19.4. The molecule has 0 heterocycles. The van der Waals surface area contributed by atoms with Crippen LogP contribution in [-0.4, -0.2) is 190 Å². The van der Waals surface area contributed by atoms with Gasteiger partial charge in [-0.15, -0.1) is 0 Å².